The van der Waals surface area contributed by atoms with Gasteiger partial charge in [-0.3, -0.25) is 4.79 Å². The molecule has 4 aromatic rings. The first kappa shape index (κ1) is 16.6. The summed E-state index contributed by atoms with van der Waals surface area (Å²) in [6, 6.07) is 26.9. The summed E-state index contributed by atoms with van der Waals surface area (Å²) in [7, 11) is 0. The van der Waals surface area contributed by atoms with Gasteiger partial charge in [0.2, 0.25) is 0 Å². The van der Waals surface area contributed by atoms with Crippen LogP contribution in [0, 0.1) is 0 Å². The number of aliphatic carboxylic acids is 1. The van der Waals surface area contributed by atoms with Gasteiger partial charge in [-0.25, -0.2) is 0 Å². The second-order valence-corrected chi connectivity index (χ2v) is 7.45. The molecule has 26 heavy (non-hydrogen) atoms. The lowest BCUT2D eigenvalue weighted by Crippen LogP contribution is -2.02. The summed E-state index contributed by atoms with van der Waals surface area (Å²) in [5.41, 5.74) is 4.54. The molecule has 2 nitrogen and oxygen atoms in total. The average Bonchev–Trinajstić information content (AvgIpc) is 3.00. The van der Waals surface area contributed by atoms with E-state index < -0.39 is 5.97 Å². The summed E-state index contributed by atoms with van der Waals surface area (Å²) < 4.78 is 1.15. The zero-order valence-corrected chi connectivity index (χ0v) is 15.0. The number of hydrogen-bond donors (Lipinski definition) is 1. The van der Waals surface area contributed by atoms with Gasteiger partial charge in [0.05, 0.1) is 6.42 Å². The Hall–Kier alpha value is -2.91. The summed E-state index contributed by atoms with van der Waals surface area (Å²) in [6.45, 7) is 0. The third-order valence-electron chi connectivity index (χ3n) is 4.54. The zero-order chi connectivity index (χ0) is 17.9. The molecule has 0 aliphatic rings. The molecule has 1 N–H and O–H groups in total. The Morgan fingerprint density at radius 1 is 0.808 bits per heavy atom. The largest absolute Gasteiger partial charge is 0.481 e. The maximum absolute atomic E-state index is 11.3. The van der Waals surface area contributed by atoms with E-state index in [0.29, 0.717) is 0 Å². The Morgan fingerprint density at radius 3 is 2.19 bits per heavy atom. The minimum Gasteiger partial charge on any atom is -0.481 e. The molecular formula is C23H18O2S. The van der Waals surface area contributed by atoms with Crippen molar-refractivity contribution in [3.8, 4) is 11.1 Å². The van der Waals surface area contributed by atoms with E-state index in [1.165, 1.54) is 16.7 Å². The lowest BCUT2D eigenvalue weighted by atomic mass is 10.0. The highest BCUT2D eigenvalue weighted by molar-refractivity contribution is 7.19. The van der Waals surface area contributed by atoms with E-state index in [0.717, 1.165) is 26.9 Å². The third kappa shape index (κ3) is 3.39. The maximum Gasteiger partial charge on any atom is 0.307 e. The summed E-state index contributed by atoms with van der Waals surface area (Å²) >= 11 is 1.70. The molecule has 0 aliphatic carbocycles. The van der Waals surface area contributed by atoms with Crippen molar-refractivity contribution >= 4 is 27.4 Å². The number of thiophene rings is 1. The van der Waals surface area contributed by atoms with Gasteiger partial charge in [-0.05, 0) is 33.7 Å². The third-order valence-corrected chi connectivity index (χ3v) is 5.75. The van der Waals surface area contributed by atoms with Crippen LogP contribution in [0.15, 0.2) is 78.9 Å². The minimum atomic E-state index is -0.783. The second-order valence-electron chi connectivity index (χ2n) is 6.31. The fourth-order valence-corrected chi connectivity index (χ4v) is 4.53. The number of carboxylic acid groups (broad SMARTS) is 1. The summed E-state index contributed by atoms with van der Waals surface area (Å²) in [5, 5.41) is 10.4. The van der Waals surface area contributed by atoms with Crippen LogP contribution in [-0.2, 0) is 17.6 Å². The molecular weight excluding hydrogens is 340 g/mol. The molecule has 4 rings (SSSR count). The molecule has 0 saturated carbocycles. The monoisotopic (exact) mass is 358 g/mol. The van der Waals surface area contributed by atoms with E-state index in [2.05, 4.69) is 42.5 Å². The molecule has 0 bridgehead atoms. The van der Waals surface area contributed by atoms with E-state index in [1.54, 1.807) is 11.3 Å². The van der Waals surface area contributed by atoms with Crippen LogP contribution in [0.1, 0.15) is 16.0 Å². The SMILES string of the molecule is O=C(O)Cc1c(Cc2ccc(-c3ccccc3)cc2)sc2ccccc12. The van der Waals surface area contributed by atoms with Gasteiger partial charge in [0.25, 0.3) is 0 Å². The van der Waals surface area contributed by atoms with E-state index in [4.69, 9.17) is 0 Å². The van der Waals surface area contributed by atoms with Crippen molar-refractivity contribution in [2.24, 2.45) is 0 Å². The smallest absolute Gasteiger partial charge is 0.307 e. The van der Waals surface area contributed by atoms with Crippen LogP contribution < -0.4 is 0 Å². The summed E-state index contributed by atoms with van der Waals surface area (Å²) in [6.07, 6.45) is 0.832. The number of hydrogen-bond acceptors (Lipinski definition) is 2. The van der Waals surface area contributed by atoms with Crippen LogP contribution in [0.4, 0.5) is 0 Å². The lowest BCUT2D eigenvalue weighted by molar-refractivity contribution is -0.136. The molecule has 0 unspecified atom stereocenters. The van der Waals surface area contributed by atoms with Crippen molar-refractivity contribution < 1.29 is 9.90 Å². The van der Waals surface area contributed by atoms with Crippen LogP contribution in [-0.4, -0.2) is 11.1 Å². The van der Waals surface area contributed by atoms with Crippen LogP contribution in [0.3, 0.4) is 0 Å². The maximum atomic E-state index is 11.3. The highest BCUT2D eigenvalue weighted by atomic mass is 32.1. The van der Waals surface area contributed by atoms with E-state index >= 15 is 0 Å². The Morgan fingerprint density at radius 2 is 1.46 bits per heavy atom. The number of carbonyl (C=O) groups is 1. The molecule has 128 valence electrons. The standard InChI is InChI=1S/C23H18O2S/c24-23(25)15-20-19-8-4-5-9-21(19)26-22(20)14-16-10-12-18(13-11-16)17-6-2-1-3-7-17/h1-13H,14-15H2,(H,24,25). The summed E-state index contributed by atoms with van der Waals surface area (Å²) in [5.74, 6) is -0.783. The predicted molar refractivity (Wildman–Crippen MR) is 108 cm³/mol. The van der Waals surface area contributed by atoms with Gasteiger partial charge in [-0.15, -0.1) is 11.3 Å². The molecule has 0 amide bonds. The summed E-state index contributed by atoms with van der Waals surface area (Å²) in [4.78, 5) is 12.5. The molecule has 1 heterocycles. The number of benzene rings is 3. The Kier molecular flexibility index (Phi) is 4.55. The Balaban J connectivity index is 1.66. The molecule has 0 aliphatic heterocycles. The normalized spacial score (nSPS) is 10.9. The van der Waals surface area contributed by atoms with Gasteiger partial charge >= 0.3 is 5.97 Å². The second kappa shape index (κ2) is 7.14. The number of fused-ring (bicyclic) bond motifs is 1. The number of carboxylic acids is 1. The van der Waals surface area contributed by atoms with Gasteiger partial charge in [0, 0.05) is 16.0 Å². The van der Waals surface area contributed by atoms with Gasteiger partial charge in [0.15, 0.2) is 0 Å². The number of rotatable bonds is 5. The van der Waals surface area contributed by atoms with Gasteiger partial charge < -0.3 is 5.11 Å². The quantitative estimate of drug-likeness (QED) is 0.490. The van der Waals surface area contributed by atoms with Crippen molar-refractivity contribution in [1.82, 2.24) is 0 Å². The molecule has 0 fully saturated rings. The van der Waals surface area contributed by atoms with Crippen LogP contribution in [0.2, 0.25) is 0 Å². The van der Waals surface area contributed by atoms with Crippen molar-refractivity contribution in [2.45, 2.75) is 12.8 Å². The highest BCUT2D eigenvalue weighted by Crippen LogP contribution is 2.33. The van der Waals surface area contributed by atoms with E-state index in [9.17, 15) is 9.90 Å². The molecule has 3 heteroatoms. The van der Waals surface area contributed by atoms with E-state index in [-0.39, 0.29) is 6.42 Å². The van der Waals surface area contributed by atoms with Crippen LogP contribution in [0.5, 0.6) is 0 Å². The molecule has 0 atom stereocenters. The fraction of sp³-hybridized carbons (Fsp3) is 0.0870. The molecule has 0 saturated heterocycles. The zero-order valence-electron chi connectivity index (χ0n) is 14.2. The molecule has 0 radical (unpaired) electrons. The predicted octanol–water partition coefficient (Wildman–Crippen LogP) is 5.79. The molecule has 1 aromatic heterocycles. The van der Waals surface area contributed by atoms with Gasteiger partial charge in [-0.2, -0.15) is 0 Å². The van der Waals surface area contributed by atoms with E-state index in [1.807, 2.05) is 36.4 Å². The Labute approximate surface area is 156 Å². The molecule has 0 spiro atoms. The topological polar surface area (TPSA) is 37.3 Å². The Bertz CT molecular complexity index is 1050. The van der Waals surface area contributed by atoms with Crippen molar-refractivity contribution in [3.63, 3.8) is 0 Å². The lowest BCUT2D eigenvalue weighted by Gasteiger charge is -2.06. The minimum absolute atomic E-state index is 0.0709. The first-order valence-corrected chi connectivity index (χ1v) is 9.38. The van der Waals surface area contributed by atoms with Crippen molar-refractivity contribution in [2.75, 3.05) is 0 Å². The van der Waals surface area contributed by atoms with Crippen molar-refractivity contribution in [3.05, 3.63) is 94.9 Å². The fourth-order valence-electron chi connectivity index (χ4n) is 3.27. The molecule has 3 aromatic carbocycles. The average molecular weight is 358 g/mol. The van der Waals surface area contributed by atoms with Crippen LogP contribution >= 0.6 is 11.3 Å². The van der Waals surface area contributed by atoms with Crippen molar-refractivity contribution in [1.29, 1.82) is 0 Å². The van der Waals surface area contributed by atoms with Crippen LogP contribution in [0.25, 0.3) is 21.2 Å². The van der Waals surface area contributed by atoms with Gasteiger partial charge in [0.1, 0.15) is 0 Å². The first-order chi connectivity index (χ1) is 12.7. The van der Waals surface area contributed by atoms with Gasteiger partial charge in [-0.1, -0.05) is 72.8 Å². The highest BCUT2D eigenvalue weighted by Gasteiger charge is 2.15. The first-order valence-electron chi connectivity index (χ1n) is 8.56.